The topological polar surface area (TPSA) is 41.1 Å². The molecule has 2 atom stereocenters. The second-order valence-corrected chi connectivity index (χ2v) is 6.40. The minimum atomic E-state index is 0. The molecule has 1 amide bonds. The molecule has 1 aliphatic heterocycles. The van der Waals surface area contributed by atoms with E-state index in [2.05, 4.69) is 10.6 Å². The van der Waals surface area contributed by atoms with Gasteiger partial charge >= 0.3 is 0 Å². The normalized spacial score (nSPS) is 17.3. The third kappa shape index (κ3) is 5.03. The van der Waals surface area contributed by atoms with Gasteiger partial charge in [0.1, 0.15) is 0 Å². The molecule has 2 unspecified atom stereocenters. The molecular weight excluding hydrogens is 331 g/mol. The van der Waals surface area contributed by atoms with Crippen molar-refractivity contribution in [3.8, 4) is 0 Å². The highest BCUT2D eigenvalue weighted by molar-refractivity contribution is 6.35. The van der Waals surface area contributed by atoms with Crippen LogP contribution >= 0.6 is 35.6 Å². The van der Waals surface area contributed by atoms with Crippen molar-refractivity contribution in [2.45, 2.75) is 26.3 Å². The number of hydrogen-bond donors (Lipinski definition) is 2. The highest BCUT2D eigenvalue weighted by atomic mass is 35.5. The Morgan fingerprint density at radius 3 is 2.57 bits per heavy atom. The van der Waals surface area contributed by atoms with Crippen LogP contribution in [0, 0.1) is 11.8 Å². The van der Waals surface area contributed by atoms with Crippen molar-refractivity contribution in [2.24, 2.45) is 11.8 Å². The van der Waals surface area contributed by atoms with Crippen molar-refractivity contribution in [3.63, 3.8) is 0 Å². The van der Waals surface area contributed by atoms with Gasteiger partial charge < -0.3 is 10.6 Å². The van der Waals surface area contributed by atoms with Gasteiger partial charge in [0.15, 0.2) is 0 Å². The van der Waals surface area contributed by atoms with E-state index in [-0.39, 0.29) is 30.3 Å². The predicted molar refractivity (Wildman–Crippen MR) is 90.5 cm³/mol. The summed E-state index contributed by atoms with van der Waals surface area (Å²) in [4.78, 5) is 12.1. The van der Waals surface area contributed by atoms with E-state index in [1.54, 1.807) is 6.07 Å². The predicted octanol–water partition coefficient (Wildman–Crippen LogP) is 3.32. The van der Waals surface area contributed by atoms with E-state index in [9.17, 15) is 4.79 Å². The number of carbonyl (C=O) groups excluding carboxylic acids is 1. The SMILES string of the molecule is CC(Cc1ccc(Cl)cc1Cl)NC(=O)C(C)C1CNC1.Cl. The minimum Gasteiger partial charge on any atom is -0.353 e. The van der Waals surface area contributed by atoms with Crippen LogP contribution in [0.3, 0.4) is 0 Å². The third-order valence-corrected chi connectivity index (χ3v) is 4.45. The highest BCUT2D eigenvalue weighted by Crippen LogP contribution is 2.22. The zero-order valence-corrected chi connectivity index (χ0v) is 14.5. The smallest absolute Gasteiger partial charge is 0.223 e. The average Bonchev–Trinajstić information content (AvgIpc) is 2.30. The third-order valence-electron chi connectivity index (χ3n) is 3.86. The Balaban J connectivity index is 0.00000220. The maximum Gasteiger partial charge on any atom is 0.223 e. The maximum absolute atomic E-state index is 12.1. The van der Waals surface area contributed by atoms with Crippen LogP contribution in [0.25, 0.3) is 0 Å². The molecule has 1 fully saturated rings. The van der Waals surface area contributed by atoms with Crippen molar-refractivity contribution in [1.82, 2.24) is 10.6 Å². The molecule has 118 valence electrons. The lowest BCUT2D eigenvalue weighted by Crippen LogP contribution is -2.50. The Hall–Kier alpha value is -0.480. The van der Waals surface area contributed by atoms with Crippen molar-refractivity contribution in [1.29, 1.82) is 0 Å². The quantitative estimate of drug-likeness (QED) is 0.854. The van der Waals surface area contributed by atoms with Crippen LogP contribution < -0.4 is 10.6 Å². The molecule has 0 spiro atoms. The summed E-state index contributed by atoms with van der Waals surface area (Å²) in [5.74, 6) is 0.634. The monoisotopic (exact) mass is 350 g/mol. The van der Waals surface area contributed by atoms with E-state index >= 15 is 0 Å². The summed E-state index contributed by atoms with van der Waals surface area (Å²) in [6.07, 6.45) is 0.706. The number of amides is 1. The van der Waals surface area contributed by atoms with Gasteiger partial charge in [-0.15, -0.1) is 12.4 Å². The van der Waals surface area contributed by atoms with Gasteiger partial charge in [-0.25, -0.2) is 0 Å². The molecule has 1 aromatic rings. The zero-order chi connectivity index (χ0) is 14.7. The Morgan fingerprint density at radius 2 is 2.05 bits per heavy atom. The summed E-state index contributed by atoms with van der Waals surface area (Å²) in [5, 5.41) is 7.53. The van der Waals surface area contributed by atoms with E-state index in [0.29, 0.717) is 22.4 Å². The van der Waals surface area contributed by atoms with E-state index in [1.165, 1.54) is 0 Å². The Labute approximate surface area is 142 Å². The fourth-order valence-corrected chi connectivity index (χ4v) is 2.81. The second kappa shape index (κ2) is 8.23. The van der Waals surface area contributed by atoms with Gasteiger partial charge in [0.25, 0.3) is 0 Å². The molecule has 1 heterocycles. The molecule has 0 radical (unpaired) electrons. The summed E-state index contributed by atoms with van der Waals surface area (Å²) in [5.41, 5.74) is 1.00. The number of halogens is 3. The maximum atomic E-state index is 12.1. The van der Waals surface area contributed by atoms with Gasteiger partial charge in [-0.2, -0.15) is 0 Å². The fraction of sp³-hybridized carbons (Fsp3) is 0.533. The van der Waals surface area contributed by atoms with Crippen LogP contribution in [-0.2, 0) is 11.2 Å². The number of nitrogens with one attached hydrogen (secondary N) is 2. The molecule has 1 aliphatic rings. The molecule has 21 heavy (non-hydrogen) atoms. The first-order valence-corrected chi connectivity index (χ1v) is 7.68. The summed E-state index contributed by atoms with van der Waals surface area (Å²) in [6.45, 7) is 5.86. The second-order valence-electron chi connectivity index (χ2n) is 5.56. The molecule has 0 aromatic heterocycles. The summed E-state index contributed by atoms with van der Waals surface area (Å²) in [6, 6.07) is 5.51. The van der Waals surface area contributed by atoms with E-state index in [0.717, 1.165) is 18.7 Å². The lowest BCUT2D eigenvalue weighted by Gasteiger charge is -2.32. The van der Waals surface area contributed by atoms with Gasteiger partial charge in [0.05, 0.1) is 0 Å². The molecular formula is C15H21Cl3N2O. The zero-order valence-electron chi connectivity index (χ0n) is 12.2. The number of hydrogen-bond acceptors (Lipinski definition) is 2. The van der Waals surface area contributed by atoms with Crippen molar-refractivity contribution in [3.05, 3.63) is 33.8 Å². The van der Waals surface area contributed by atoms with Crippen LogP contribution in [0.5, 0.6) is 0 Å². The van der Waals surface area contributed by atoms with Crippen LogP contribution in [0.15, 0.2) is 18.2 Å². The molecule has 2 rings (SSSR count). The first-order chi connectivity index (χ1) is 9.47. The minimum absolute atomic E-state index is 0. The lowest BCUT2D eigenvalue weighted by atomic mass is 9.88. The largest absolute Gasteiger partial charge is 0.353 e. The summed E-state index contributed by atoms with van der Waals surface area (Å²) < 4.78 is 0. The van der Waals surface area contributed by atoms with E-state index in [1.807, 2.05) is 26.0 Å². The standard InChI is InChI=1S/C15H20Cl2N2O.ClH/c1-9(5-11-3-4-13(16)6-14(11)17)19-15(20)10(2)12-7-18-8-12;/h3-4,6,9-10,12,18H,5,7-8H2,1-2H3,(H,19,20);1H. The number of benzene rings is 1. The molecule has 2 N–H and O–H groups in total. The van der Waals surface area contributed by atoms with E-state index < -0.39 is 0 Å². The Bertz CT molecular complexity index is 492. The fourth-order valence-electron chi connectivity index (χ4n) is 2.32. The Morgan fingerprint density at radius 1 is 1.38 bits per heavy atom. The van der Waals surface area contributed by atoms with Gasteiger partial charge in [0, 0.05) is 22.0 Å². The van der Waals surface area contributed by atoms with Crippen LogP contribution in [-0.4, -0.2) is 25.0 Å². The highest BCUT2D eigenvalue weighted by Gasteiger charge is 2.29. The van der Waals surface area contributed by atoms with Gasteiger partial charge in [-0.3, -0.25) is 4.79 Å². The molecule has 1 saturated heterocycles. The number of rotatable bonds is 5. The molecule has 6 heteroatoms. The molecule has 0 saturated carbocycles. The lowest BCUT2D eigenvalue weighted by molar-refractivity contribution is -0.127. The first kappa shape index (κ1) is 18.6. The number of carbonyl (C=O) groups is 1. The molecule has 0 aliphatic carbocycles. The van der Waals surface area contributed by atoms with Crippen LogP contribution in [0.4, 0.5) is 0 Å². The summed E-state index contributed by atoms with van der Waals surface area (Å²) >= 11 is 12.0. The van der Waals surface area contributed by atoms with Crippen LogP contribution in [0.2, 0.25) is 10.0 Å². The Kier molecular flexibility index (Phi) is 7.28. The van der Waals surface area contributed by atoms with Crippen LogP contribution in [0.1, 0.15) is 19.4 Å². The van der Waals surface area contributed by atoms with Crippen molar-refractivity contribution >= 4 is 41.5 Å². The average molecular weight is 352 g/mol. The summed E-state index contributed by atoms with van der Waals surface area (Å²) in [7, 11) is 0. The van der Waals surface area contributed by atoms with Gasteiger partial charge in [-0.1, -0.05) is 36.2 Å². The molecule has 0 bridgehead atoms. The molecule has 1 aromatic carbocycles. The molecule has 3 nitrogen and oxygen atoms in total. The van der Waals surface area contributed by atoms with Crippen molar-refractivity contribution in [2.75, 3.05) is 13.1 Å². The van der Waals surface area contributed by atoms with Gasteiger partial charge in [-0.05, 0) is 50.0 Å². The van der Waals surface area contributed by atoms with Gasteiger partial charge in [0.2, 0.25) is 5.91 Å². The van der Waals surface area contributed by atoms with Crippen molar-refractivity contribution < 1.29 is 4.79 Å². The first-order valence-electron chi connectivity index (χ1n) is 6.92. The van der Waals surface area contributed by atoms with E-state index in [4.69, 9.17) is 23.2 Å².